The fraction of sp³-hybridized carbons (Fsp3) is 0.188. The normalized spacial score (nSPS) is 10.6. The monoisotopic (exact) mass is 344 g/mol. The minimum atomic E-state index is -0.296. The van der Waals surface area contributed by atoms with Gasteiger partial charge < -0.3 is 9.47 Å². The standard InChI is InChI=1S/C16H16N4O3S/c1-22-8-11-9-24-16(17-11)18-15(21)14-7-13(19-20-14)10-4-3-5-12(6-10)23-2/h3-7,9H,8H2,1-2H3,(H,19,20)(H,17,18,21). The van der Waals surface area contributed by atoms with Crippen molar-refractivity contribution in [2.75, 3.05) is 19.5 Å². The number of hydrogen-bond donors (Lipinski definition) is 2. The summed E-state index contributed by atoms with van der Waals surface area (Å²) in [6.45, 7) is 0.413. The van der Waals surface area contributed by atoms with E-state index >= 15 is 0 Å². The third-order valence-electron chi connectivity index (χ3n) is 3.25. The molecular formula is C16H16N4O3S. The second-order valence-corrected chi connectivity index (χ2v) is 5.79. The Hall–Kier alpha value is -2.71. The molecule has 0 atom stereocenters. The Balaban J connectivity index is 1.73. The summed E-state index contributed by atoms with van der Waals surface area (Å²) in [5.41, 5.74) is 2.66. The van der Waals surface area contributed by atoms with Gasteiger partial charge in [0.05, 0.1) is 25.1 Å². The molecule has 1 amide bonds. The first-order valence-corrected chi connectivity index (χ1v) is 8.02. The fourth-order valence-electron chi connectivity index (χ4n) is 2.11. The lowest BCUT2D eigenvalue weighted by Crippen LogP contribution is -2.12. The van der Waals surface area contributed by atoms with Crippen LogP contribution in [-0.4, -0.2) is 35.3 Å². The number of aromatic nitrogens is 3. The van der Waals surface area contributed by atoms with E-state index in [1.54, 1.807) is 20.3 Å². The van der Waals surface area contributed by atoms with Crippen LogP contribution >= 0.6 is 11.3 Å². The molecule has 0 unspecified atom stereocenters. The Bertz CT molecular complexity index is 843. The van der Waals surface area contributed by atoms with Crippen molar-refractivity contribution in [2.24, 2.45) is 0 Å². The number of ether oxygens (including phenoxy) is 2. The van der Waals surface area contributed by atoms with Crippen molar-refractivity contribution in [3.8, 4) is 17.0 Å². The van der Waals surface area contributed by atoms with Crippen molar-refractivity contribution in [2.45, 2.75) is 6.61 Å². The molecule has 0 spiro atoms. The number of rotatable bonds is 6. The number of carbonyl (C=O) groups is 1. The first-order valence-electron chi connectivity index (χ1n) is 7.14. The SMILES string of the molecule is COCc1csc(NC(=O)c2cc(-c3cccc(OC)c3)n[nH]2)n1. The molecule has 2 heterocycles. The van der Waals surface area contributed by atoms with Crippen LogP contribution in [0, 0.1) is 0 Å². The Morgan fingerprint density at radius 3 is 3.00 bits per heavy atom. The van der Waals surface area contributed by atoms with Crippen LogP contribution in [0.2, 0.25) is 0 Å². The van der Waals surface area contributed by atoms with Crippen molar-refractivity contribution in [1.82, 2.24) is 15.2 Å². The number of carbonyl (C=O) groups excluding carboxylic acids is 1. The number of aromatic amines is 1. The number of amides is 1. The number of benzene rings is 1. The zero-order valence-electron chi connectivity index (χ0n) is 13.2. The summed E-state index contributed by atoms with van der Waals surface area (Å²) >= 11 is 1.35. The lowest BCUT2D eigenvalue weighted by molar-refractivity contribution is 0.102. The minimum absolute atomic E-state index is 0.296. The quantitative estimate of drug-likeness (QED) is 0.718. The van der Waals surface area contributed by atoms with Gasteiger partial charge in [0.25, 0.3) is 5.91 Å². The number of nitrogens with one attached hydrogen (secondary N) is 2. The van der Waals surface area contributed by atoms with Gasteiger partial charge in [-0.2, -0.15) is 5.10 Å². The Labute approximate surface area is 142 Å². The zero-order chi connectivity index (χ0) is 16.9. The van der Waals surface area contributed by atoms with Crippen LogP contribution in [0.5, 0.6) is 5.75 Å². The largest absolute Gasteiger partial charge is 0.497 e. The van der Waals surface area contributed by atoms with Gasteiger partial charge in [-0.1, -0.05) is 12.1 Å². The molecule has 3 aromatic rings. The van der Waals surface area contributed by atoms with Crippen LogP contribution in [0.1, 0.15) is 16.2 Å². The first kappa shape index (κ1) is 16.2. The topological polar surface area (TPSA) is 89.1 Å². The Kier molecular flexibility index (Phi) is 4.88. The zero-order valence-corrected chi connectivity index (χ0v) is 14.0. The Morgan fingerprint density at radius 1 is 1.33 bits per heavy atom. The molecule has 0 aliphatic heterocycles. The molecular weight excluding hydrogens is 328 g/mol. The van der Waals surface area contributed by atoms with Crippen LogP contribution < -0.4 is 10.1 Å². The highest BCUT2D eigenvalue weighted by atomic mass is 32.1. The number of methoxy groups -OCH3 is 2. The highest BCUT2D eigenvalue weighted by Gasteiger charge is 2.13. The van der Waals surface area contributed by atoms with Gasteiger partial charge in [0.1, 0.15) is 11.4 Å². The molecule has 0 aliphatic rings. The van der Waals surface area contributed by atoms with Crippen molar-refractivity contribution in [3.63, 3.8) is 0 Å². The van der Waals surface area contributed by atoms with Gasteiger partial charge in [0.15, 0.2) is 5.13 Å². The van der Waals surface area contributed by atoms with E-state index in [0.29, 0.717) is 23.1 Å². The summed E-state index contributed by atoms with van der Waals surface area (Å²) in [5.74, 6) is 0.435. The average Bonchev–Trinajstić information content (AvgIpc) is 3.25. The second-order valence-electron chi connectivity index (χ2n) is 4.93. The highest BCUT2D eigenvalue weighted by Crippen LogP contribution is 2.23. The maximum absolute atomic E-state index is 12.3. The van der Waals surface area contributed by atoms with E-state index in [4.69, 9.17) is 9.47 Å². The molecule has 24 heavy (non-hydrogen) atoms. The van der Waals surface area contributed by atoms with E-state index in [1.807, 2.05) is 29.6 Å². The molecule has 0 bridgehead atoms. The Morgan fingerprint density at radius 2 is 2.21 bits per heavy atom. The summed E-state index contributed by atoms with van der Waals surface area (Å²) < 4.78 is 10.2. The predicted molar refractivity (Wildman–Crippen MR) is 91.4 cm³/mol. The number of H-pyrrole nitrogens is 1. The molecule has 0 saturated carbocycles. The van der Waals surface area contributed by atoms with Gasteiger partial charge in [-0.05, 0) is 18.2 Å². The molecule has 2 aromatic heterocycles. The van der Waals surface area contributed by atoms with Gasteiger partial charge >= 0.3 is 0 Å². The third kappa shape index (κ3) is 3.61. The van der Waals surface area contributed by atoms with E-state index in [2.05, 4.69) is 20.5 Å². The third-order valence-corrected chi connectivity index (χ3v) is 4.06. The maximum Gasteiger partial charge on any atom is 0.275 e. The summed E-state index contributed by atoms with van der Waals surface area (Å²) in [6, 6.07) is 9.17. The highest BCUT2D eigenvalue weighted by molar-refractivity contribution is 7.13. The van der Waals surface area contributed by atoms with Crippen molar-refractivity contribution in [1.29, 1.82) is 0 Å². The fourth-order valence-corrected chi connectivity index (χ4v) is 2.80. The molecule has 7 nitrogen and oxygen atoms in total. The predicted octanol–water partition coefficient (Wildman–Crippen LogP) is 2.94. The van der Waals surface area contributed by atoms with Crippen LogP contribution in [0.25, 0.3) is 11.3 Å². The lowest BCUT2D eigenvalue weighted by Gasteiger charge is -2.01. The molecule has 0 radical (unpaired) electrons. The lowest BCUT2D eigenvalue weighted by atomic mass is 10.1. The first-order chi connectivity index (χ1) is 11.7. The molecule has 0 saturated heterocycles. The molecule has 8 heteroatoms. The second kappa shape index (κ2) is 7.24. The molecule has 124 valence electrons. The summed E-state index contributed by atoms with van der Waals surface area (Å²) in [7, 11) is 3.21. The summed E-state index contributed by atoms with van der Waals surface area (Å²) in [6.07, 6.45) is 0. The van der Waals surface area contributed by atoms with E-state index in [1.165, 1.54) is 11.3 Å². The van der Waals surface area contributed by atoms with Crippen LogP contribution in [0.4, 0.5) is 5.13 Å². The van der Waals surface area contributed by atoms with E-state index < -0.39 is 0 Å². The maximum atomic E-state index is 12.3. The summed E-state index contributed by atoms with van der Waals surface area (Å²) in [5, 5.41) is 12.0. The number of hydrogen-bond acceptors (Lipinski definition) is 6. The average molecular weight is 344 g/mol. The van der Waals surface area contributed by atoms with Gasteiger partial charge in [-0.25, -0.2) is 4.98 Å². The van der Waals surface area contributed by atoms with Crippen molar-refractivity contribution < 1.29 is 14.3 Å². The smallest absolute Gasteiger partial charge is 0.275 e. The number of anilines is 1. The van der Waals surface area contributed by atoms with Crippen LogP contribution in [0.15, 0.2) is 35.7 Å². The molecule has 2 N–H and O–H groups in total. The minimum Gasteiger partial charge on any atom is -0.497 e. The molecule has 3 rings (SSSR count). The van der Waals surface area contributed by atoms with Crippen LogP contribution in [0.3, 0.4) is 0 Å². The van der Waals surface area contributed by atoms with Gasteiger partial charge in [-0.3, -0.25) is 15.2 Å². The van der Waals surface area contributed by atoms with Crippen LogP contribution in [-0.2, 0) is 11.3 Å². The van der Waals surface area contributed by atoms with E-state index in [9.17, 15) is 4.79 Å². The van der Waals surface area contributed by atoms with Gasteiger partial charge in [0.2, 0.25) is 0 Å². The molecule has 0 fully saturated rings. The number of nitrogens with zero attached hydrogens (tertiary/aromatic N) is 2. The molecule has 0 aliphatic carbocycles. The van der Waals surface area contributed by atoms with Gasteiger partial charge in [0, 0.05) is 18.1 Å². The van der Waals surface area contributed by atoms with Crippen molar-refractivity contribution in [3.05, 3.63) is 47.1 Å². The van der Waals surface area contributed by atoms with E-state index in [0.717, 1.165) is 17.0 Å². The van der Waals surface area contributed by atoms with Gasteiger partial charge in [-0.15, -0.1) is 11.3 Å². The summed E-state index contributed by atoms with van der Waals surface area (Å²) in [4.78, 5) is 16.5. The molecule has 1 aromatic carbocycles. The number of thiazole rings is 1. The van der Waals surface area contributed by atoms with Crippen molar-refractivity contribution >= 4 is 22.4 Å². The van der Waals surface area contributed by atoms with E-state index in [-0.39, 0.29) is 5.91 Å².